The highest BCUT2D eigenvalue weighted by Crippen LogP contribution is 2.31. The van der Waals surface area contributed by atoms with Gasteiger partial charge >= 0.3 is 0 Å². The maximum Gasteiger partial charge on any atom is 0.226 e. The Hall–Kier alpha value is -1.05. The topological polar surface area (TPSA) is 20.3 Å². The van der Waals surface area contributed by atoms with Crippen LogP contribution in [-0.2, 0) is 4.79 Å². The number of carbonyl (C=O) groups is 1. The predicted octanol–water partition coefficient (Wildman–Crippen LogP) is 3.94. The summed E-state index contributed by atoms with van der Waals surface area (Å²) in [5.41, 5.74) is 0. The van der Waals surface area contributed by atoms with Crippen LogP contribution in [0.1, 0.15) is 52.9 Å². The molecular formula is C16H27NO. The van der Waals surface area contributed by atoms with E-state index in [1.54, 1.807) is 0 Å². The van der Waals surface area contributed by atoms with Crippen molar-refractivity contribution in [2.45, 2.75) is 58.9 Å². The Morgan fingerprint density at radius 1 is 1.17 bits per heavy atom. The summed E-state index contributed by atoms with van der Waals surface area (Å²) >= 11 is 0. The molecule has 0 aromatic heterocycles. The van der Waals surface area contributed by atoms with Crippen molar-refractivity contribution in [3.05, 3.63) is 24.3 Å². The molecule has 2 heteroatoms. The molecule has 1 amide bonds. The van der Waals surface area contributed by atoms with E-state index in [1.807, 2.05) is 4.90 Å². The van der Waals surface area contributed by atoms with Crippen molar-refractivity contribution in [1.29, 1.82) is 0 Å². The Morgan fingerprint density at radius 2 is 1.78 bits per heavy atom. The first-order valence-corrected chi connectivity index (χ1v) is 7.27. The summed E-state index contributed by atoms with van der Waals surface area (Å²) in [6.45, 7) is 7.11. The molecule has 0 heterocycles. The van der Waals surface area contributed by atoms with E-state index in [9.17, 15) is 4.79 Å². The molecule has 2 nitrogen and oxygen atoms in total. The lowest BCUT2D eigenvalue weighted by Crippen LogP contribution is -2.38. The maximum absolute atomic E-state index is 12.0. The molecule has 1 fully saturated rings. The number of hydrogen-bond acceptors (Lipinski definition) is 1. The van der Waals surface area contributed by atoms with Crippen LogP contribution in [0.2, 0.25) is 0 Å². The molecule has 0 saturated heterocycles. The van der Waals surface area contributed by atoms with Crippen molar-refractivity contribution in [3.63, 3.8) is 0 Å². The van der Waals surface area contributed by atoms with Gasteiger partial charge in [-0.05, 0) is 46.0 Å². The molecule has 102 valence electrons. The zero-order valence-corrected chi connectivity index (χ0v) is 12.1. The first-order chi connectivity index (χ1) is 8.66. The number of nitrogens with zero attached hydrogens (tertiary/aromatic N) is 1. The molecule has 1 aliphatic rings. The maximum atomic E-state index is 12.0. The van der Waals surface area contributed by atoms with E-state index in [0.717, 1.165) is 38.6 Å². The summed E-state index contributed by atoms with van der Waals surface area (Å²) in [6, 6.07) is 0.308. The summed E-state index contributed by atoms with van der Waals surface area (Å²) in [6.07, 6.45) is 14.2. The van der Waals surface area contributed by atoms with Gasteiger partial charge in [0.25, 0.3) is 0 Å². The second-order valence-electron chi connectivity index (χ2n) is 5.29. The van der Waals surface area contributed by atoms with Gasteiger partial charge in [-0.1, -0.05) is 31.2 Å². The molecule has 1 saturated carbocycles. The standard InChI is InChI=1S/C16H27NO/c1-4-5-6-7-8-9-10-13-17(14(2)3)16(18)15-11-12-15/h5-6,9-10,14-15H,4,7-8,11-13H2,1-3H3/b6-5-,10-9-. The van der Waals surface area contributed by atoms with Gasteiger partial charge < -0.3 is 4.90 Å². The first-order valence-electron chi connectivity index (χ1n) is 7.27. The molecule has 0 radical (unpaired) electrons. The van der Waals surface area contributed by atoms with Crippen LogP contribution >= 0.6 is 0 Å². The summed E-state index contributed by atoms with van der Waals surface area (Å²) in [7, 11) is 0. The molecule has 0 aliphatic heterocycles. The van der Waals surface area contributed by atoms with Gasteiger partial charge in [0, 0.05) is 18.5 Å². The number of hydrogen-bond donors (Lipinski definition) is 0. The molecule has 0 atom stereocenters. The van der Waals surface area contributed by atoms with Crippen LogP contribution in [0, 0.1) is 5.92 Å². The lowest BCUT2D eigenvalue weighted by Gasteiger charge is -2.25. The van der Waals surface area contributed by atoms with Crippen LogP contribution < -0.4 is 0 Å². The van der Waals surface area contributed by atoms with Crippen molar-refractivity contribution in [2.24, 2.45) is 5.92 Å². The van der Waals surface area contributed by atoms with Gasteiger partial charge in [0.05, 0.1) is 0 Å². The quantitative estimate of drug-likeness (QED) is 0.471. The normalized spacial score (nSPS) is 16.0. The Morgan fingerprint density at radius 3 is 2.28 bits per heavy atom. The van der Waals surface area contributed by atoms with Crippen molar-refractivity contribution in [2.75, 3.05) is 6.54 Å². The van der Waals surface area contributed by atoms with Crippen molar-refractivity contribution < 1.29 is 4.79 Å². The Bertz CT molecular complexity index is 300. The molecule has 0 spiro atoms. The van der Waals surface area contributed by atoms with Crippen LogP contribution in [0.25, 0.3) is 0 Å². The minimum Gasteiger partial charge on any atom is -0.336 e. The van der Waals surface area contributed by atoms with E-state index in [0.29, 0.717) is 17.9 Å². The highest BCUT2D eigenvalue weighted by molar-refractivity contribution is 5.81. The average Bonchev–Trinajstić information content (AvgIpc) is 3.15. The molecule has 0 unspecified atom stereocenters. The molecule has 0 aromatic rings. The molecule has 1 rings (SSSR count). The first kappa shape index (κ1) is 15.0. The number of carbonyl (C=O) groups excluding carboxylic acids is 1. The monoisotopic (exact) mass is 249 g/mol. The summed E-state index contributed by atoms with van der Waals surface area (Å²) < 4.78 is 0. The van der Waals surface area contributed by atoms with E-state index in [1.165, 1.54) is 0 Å². The molecule has 18 heavy (non-hydrogen) atoms. The van der Waals surface area contributed by atoms with E-state index < -0.39 is 0 Å². The SMILES string of the molecule is CC/C=C\CC/C=C\CN(C(=O)C1CC1)C(C)C. The Kier molecular flexibility index (Phi) is 6.77. The van der Waals surface area contributed by atoms with Crippen LogP contribution in [-0.4, -0.2) is 23.4 Å². The van der Waals surface area contributed by atoms with Gasteiger partial charge in [-0.15, -0.1) is 0 Å². The lowest BCUT2D eigenvalue weighted by molar-refractivity contribution is -0.133. The zero-order chi connectivity index (χ0) is 13.4. The van der Waals surface area contributed by atoms with Gasteiger partial charge in [-0.3, -0.25) is 4.79 Å². The van der Waals surface area contributed by atoms with Crippen LogP contribution in [0.5, 0.6) is 0 Å². The fraction of sp³-hybridized carbons (Fsp3) is 0.688. The van der Waals surface area contributed by atoms with Gasteiger partial charge in [0.15, 0.2) is 0 Å². The fourth-order valence-electron chi connectivity index (χ4n) is 1.90. The smallest absolute Gasteiger partial charge is 0.226 e. The van der Waals surface area contributed by atoms with Gasteiger partial charge in [0.2, 0.25) is 5.91 Å². The third-order valence-electron chi connectivity index (χ3n) is 3.20. The second-order valence-corrected chi connectivity index (χ2v) is 5.29. The number of unbranched alkanes of at least 4 members (excludes halogenated alkanes) is 1. The van der Waals surface area contributed by atoms with Crippen molar-refractivity contribution in [3.8, 4) is 0 Å². The highest BCUT2D eigenvalue weighted by atomic mass is 16.2. The van der Waals surface area contributed by atoms with E-state index in [-0.39, 0.29) is 0 Å². The summed E-state index contributed by atoms with van der Waals surface area (Å²) in [5.74, 6) is 0.675. The van der Waals surface area contributed by atoms with Crippen molar-refractivity contribution >= 4 is 5.91 Å². The second kappa shape index (κ2) is 8.12. The van der Waals surface area contributed by atoms with Crippen molar-refractivity contribution in [1.82, 2.24) is 4.90 Å². The molecular weight excluding hydrogens is 222 g/mol. The molecule has 0 N–H and O–H groups in total. The van der Waals surface area contributed by atoms with E-state index in [2.05, 4.69) is 45.1 Å². The Labute approximate surface area is 112 Å². The van der Waals surface area contributed by atoms with Crippen LogP contribution in [0.3, 0.4) is 0 Å². The zero-order valence-electron chi connectivity index (χ0n) is 12.1. The van der Waals surface area contributed by atoms with Gasteiger partial charge in [-0.25, -0.2) is 0 Å². The number of allylic oxidation sites excluding steroid dienone is 3. The van der Waals surface area contributed by atoms with E-state index >= 15 is 0 Å². The minimum absolute atomic E-state index is 0.308. The molecule has 0 aromatic carbocycles. The molecule has 1 aliphatic carbocycles. The van der Waals surface area contributed by atoms with Gasteiger partial charge in [0.1, 0.15) is 0 Å². The lowest BCUT2D eigenvalue weighted by atomic mass is 10.2. The van der Waals surface area contributed by atoms with E-state index in [4.69, 9.17) is 0 Å². The fourth-order valence-corrected chi connectivity index (χ4v) is 1.90. The third-order valence-corrected chi connectivity index (χ3v) is 3.20. The van der Waals surface area contributed by atoms with Crippen LogP contribution in [0.15, 0.2) is 24.3 Å². The summed E-state index contributed by atoms with van der Waals surface area (Å²) in [5, 5.41) is 0. The predicted molar refractivity (Wildman–Crippen MR) is 77.4 cm³/mol. The molecule has 0 bridgehead atoms. The largest absolute Gasteiger partial charge is 0.336 e. The van der Waals surface area contributed by atoms with Gasteiger partial charge in [-0.2, -0.15) is 0 Å². The summed E-state index contributed by atoms with van der Waals surface area (Å²) in [4.78, 5) is 14.0. The van der Waals surface area contributed by atoms with Crippen LogP contribution in [0.4, 0.5) is 0 Å². The third kappa shape index (κ3) is 5.52. The number of rotatable bonds is 8. The minimum atomic E-state index is 0.308. The Balaban J connectivity index is 2.26. The highest BCUT2D eigenvalue weighted by Gasteiger charge is 2.33. The average molecular weight is 249 g/mol. The number of amides is 1.